The van der Waals surface area contributed by atoms with Gasteiger partial charge in [0.2, 0.25) is 0 Å². The van der Waals surface area contributed by atoms with E-state index in [1.165, 1.54) is 23.3 Å². The summed E-state index contributed by atoms with van der Waals surface area (Å²) in [5.74, 6) is 1.89. The van der Waals surface area contributed by atoms with E-state index in [1.54, 1.807) is 14.2 Å². The molecule has 2 unspecified atom stereocenters. The molecule has 3 nitrogen and oxygen atoms in total. The van der Waals surface area contributed by atoms with Crippen LogP contribution in [0.5, 0.6) is 11.5 Å². The molecule has 0 radical (unpaired) electrons. The predicted molar refractivity (Wildman–Crippen MR) is 86.5 cm³/mol. The molecule has 0 bridgehead atoms. The van der Waals surface area contributed by atoms with Crippen molar-refractivity contribution in [1.29, 1.82) is 0 Å². The van der Waals surface area contributed by atoms with Crippen LogP contribution in [0, 0.1) is 0 Å². The van der Waals surface area contributed by atoms with E-state index in [9.17, 15) is 0 Å². The van der Waals surface area contributed by atoms with Gasteiger partial charge in [0.25, 0.3) is 0 Å². The molecule has 2 aromatic rings. The molecule has 2 N–H and O–H groups in total. The summed E-state index contributed by atoms with van der Waals surface area (Å²) in [5, 5.41) is 2.18. The Labute approximate surface area is 129 Å². The Bertz CT molecular complexity index is 623. The smallest absolute Gasteiger partial charge is 0.161 e. The number of ether oxygens (including phenoxy) is 2. The summed E-state index contributed by atoms with van der Waals surface area (Å²) < 4.78 is 10.7. The quantitative estimate of drug-likeness (QED) is 0.932. The summed E-state index contributed by atoms with van der Waals surface area (Å²) in [4.78, 5) is 1.50. The molecule has 0 saturated heterocycles. The van der Waals surface area contributed by atoms with Gasteiger partial charge in [0.1, 0.15) is 0 Å². The van der Waals surface area contributed by atoms with Crippen LogP contribution in [0.15, 0.2) is 29.6 Å². The van der Waals surface area contributed by atoms with E-state index >= 15 is 0 Å². The molecule has 2 atom stereocenters. The zero-order valence-electron chi connectivity index (χ0n) is 12.5. The summed E-state index contributed by atoms with van der Waals surface area (Å²) in [7, 11) is 3.31. The second-order valence-electron chi connectivity index (χ2n) is 5.44. The fourth-order valence-corrected chi connectivity index (χ4v) is 4.18. The molecule has 0 fully saturated rings. The van der Waals surface area contributed by atoms with Gasteiger partial charge in [0, 0.05) is 16.8 Å². The SMILES string of the molecule is COc1ccc(C(N)C2CCCc3sccc32)cc1OC. The monoisotopic (exact) mass is 303 g/mol. The first-order valence-electron chi connectivity index (χ1n) is 7.28. The molecule has 21 heavy (non-hydrogen) atoms. The first-order chi connectivity index (χ1) is 10.2. The lowest BCUT2D eigenvalue weighted by molar-refractivity contribution is 0.353. The lowest BCUT2D eigenvalue weighted by Gasteiger charge is -2.28. The third-order valence-corrected chi connectivity index (χ3v) is 5.32. The van der Waals surface area contributed by atoms with Gasteiger partial charge in [-0.1, -0.05) is 6.07 Å². The van der Waals surface area contributed by atoms with Crippen molar-refractivity contribution in [3.05, 3.63) is 45.6 Å². The molecule has 0 saturated carbocycles. The van der Waals surface area contributed by atoms with Gasteiger partial charge in [0.05, 0.1) is 14.2 Å². The summed E-state index contributed by atoms with van der Waals surface area (Å²) in [5.41, 5.74) is 9.11. The van der Waals surface area contributed by atoms with E-state index < -0.39 is 0 Å². The van der Waals surface area contributed by atoms with Gasteiger partial charge in [-0.25, -0.2) is 0 Å². The minimum absolute atomic E-state index is 0.00143. The highest BCUT2D eigenvalue weighted by molar-refractivity contribution is 7.10. The van der Waals surface area contributed by atoms with Crippen molar-refractivity contribution in [2.45, 2.75) is 31.2 Å². The van der Waals surface area contributed by atoms with Crippen molar-refractivity contribution < 1.29 is 9.47 Å². The highest BCUT2D eigenvalue weighted by Crippen LogP contribution is 2.42. The molecule has 4 heteroatoms. The van der Waals surface area contributed by atoms with E-state index in [4.69, 9.17) is 15.2 Å². The first kappa shape index (κ1) is 14.4. The van der Waals surface area contributed by atoms with Crippen LogP contribution in [0.1, 0.15) is 40.8 Å². The van der Waals surface area contributed by atoms with Crippen LogP contribution in [0.3, 0.4) is 0 Å². The Balaban J connectivity index is 1.91. The molecule has 1 heterocycles. The van der Waals surface area contributed by atoms with Gasteiger partial charge in [0.15, 0.2) is 11.5 Å². The lowest BCUT2D eigenvalue weighted by Crippen LogP contribution is -2.22. The van der Waals surface area contributed by atoms with Gasteiger partial charge in [-0.2, -0.15) is 0 Å². The van der Waals surface area contributed by atoms with E-state index in [0.29, 0.717) is 5.92 Å². The standard InChI is InChI=1S/C17H21NO2S/c1-19-14-7-6-11(10-15(14)20-2)17(18)13-4-3-5-16-12(13)8-9-21-16/h6-10,13,17H,3-5,18H2,1-2H3. The van der Waals surface area contributed by atoms with E-state index in [0.717, 1.165) is 23.5 Å². The molecular formula is C17H21NO2S. The van der Waals surface area contributed by atoms with Crippen molar-refractivity contribution in [2.24, 2.45) is 5.73 Å². The maximum Gasteiger partial charge on any atom is 0.161 e. The fraction of sp³-hybridized carbons (Fsp3) is 0.412. The number of rotatable bonds is 4. The normalized spacial score (nSPS) is 18.9. The van der Waals surface area contributed by atoms with E-state index in [-0.39, 0.29) is 6.04 Å². The average Bonchev–Trinajstić information content (AvgIpc) is 3.02. The summed E-state index contributed by atoms with van der Waals surface area (Å²) in [6.07, 6.45) is 3.57. The van der Waals surface area contributed by atoms with Gasteiger partial charge in [-0.15, -0.1) is 11.3 Å². The fourth-order valence-electron chi connectivity index (χ4n) is 3.19. The van der Waals surface area contributed by atoms with Crippen molar-refractivity contribution in [3.8, 4) is 11.5 Å². The van der Waals surface area contributed by atoms with Gasteiger partial charge >= 0.3 is 0 Å². The highest BCUT2D eigenvalue weighted by Gasteiger charge is 2.27. The predicted octanol–water partition coefficient (Wildman–Crippen LogP) is 3.89. The second-order valence-corrected chi connectivity index (χ2v) is 6.44. The number of hydrogen-bond donors (Lipinski definition) is 1. The highest BCUT2D eigenvalue weighted by atomic mass is 32.1. The Morgan fingerprint density at radius 3 is 2.76 bits per heavy atom. The van der Waals surface area contributed by atoms with Gasteiger partial charge < -0.3 is 15.2 Å². The third-order valence-electron chi connectivity index (χ3n) is 4.32. The molecule has 112 valence electrons. The van der Waals surface area contributed by atoms with Crippen molar-refractivity contribution in [1.82, 2.24) is 0 Å². The molecule has 0 aliphatic heterocycles. The average molecular weight is 303 g/mol. The lowest BCUT2D eigenvalue weighted by atomic mass is 9.80. The number of aryl methyl sites for hydroxylation is 1. The third kappa shape index (κ3) is 2.65. The first-order valence-corrected chi connectivity index (χ1v) is 8.16. The zero-order chi connectivity index (χ0) is 14.8. The number of fused-ring (bicyclic) bond motifs is 1. The van der Waals surface area contributed by atoms with Crippen LogP contribution in [-0.4, -0.2) is 14.2 Å². The van der Waals surface area contributed by atoms with E-state index in [1.807, 2.05) is 29.5 Å². The number of methoxy groups -OCH3 is 2. The molecule has 1 aromatic heterocycles. The van der Waals surface area contributed by atoms with Crippen LogP contribution < -0.4 is 15.2 Å². The van der Waals surface area contributed by atoms with Crippen LogP contribution in [0.25, 0.3) is 0 Å². The summed E-state index contributed by atoms with van der Waals surface area (Å²) in [6, 6.07) is 8.23. The number of benzene rings is 1. The molecule has 1 aliphatic rings. The molecule has 1 aromatic carbocycles. The number of hydrogen-bond acceptors (Lipinski definition) is 4. The van der Waals surface area contributed by atoms with Crippen LogP contribution in [-0.2, 0) is 6.42 Å². The second kappa shape index (κ2) is 6.08. The van der Waals surface area contributed by atoms with Gasteiger partial charge in [-0.05, 0) is 54.0 Å². The minimum atomic E-state index is -0.00143. The van der Waals surface area contributed by atoms with Crippen molar-refractivity contribution in [2.75, 3.05) is 14.2 Å². The molecular weight excluding hydrogens is 282 g/mol. The van der Waals surface area contributed by atoms with Crippen molar-refractivity contribution in [3.63, 3.8) is 0 Å². The largest absolute Gasteiger partial charge is 0.493 e. The van der Waals surface area contributed by atoms with Crippen LogP contribution in [0.4, 0.5) is 0 Å². The van der Waals surface area contributed by atoms with E-state index in [2.05, 4.69) is 11.4 Å². The number of nitrogens with two attached hydrogens (primary N) is 1. The Morgan fingerprint density at radius 1 is 1.19 bits per heavy atom. The minimum Gasteiger partial charge on any atom is -0.493 e. The Morgan fingerprint density at radius 2 is 2.00 bits per heavy atom. The maximum absolute atomic E-state index is 6.57. The molecule has 1 aliphatic carbocycles. The Hall–Kier alpha value is -1.52. The number of thiophene rings is 1. The topological polar surface area (TPSA) is 44.5 Å². The maximum atomic E-state index is 6.57. The zero-order valence-corrected chi connectivity index (χ0v) is 13.3. The molecule has 0 amide bonds. The van der Waals surface area contributed by atoms with Crippen LogP contribution in [0.2, 0.25) is 0 Å². The van der Waals surface area contributed by atoms with Crippen LogP contribution >= 0.6 is 11.3 Å². The van der Waals surface area contributed by atoms with Gasteiger partial charge in [-0.3, -0.25) is 0 Å². The summed E-state index contributed by atoms with van der Waals surface area (Å²) in [6.45, 7) is 0. The molecule has 3 rings (SSSR count). The summed E-state index contributed by atoms with van der Waals surface area (Å²) >= 11 is 1.86. The Kier molecular flexibility index (Phi) is 4.17. The van der Waals surface area contributed by atoms with Crippen molar-refractivity contribution >= 4 is 11.3 Å². The molecule has 0 spiro atoms.